The fraction of sp³-hybridized carbons (Fsp3) is 0.833. The number of hydrogen-bond donors (Lipinski definition) is 2. The van der Waals surface area contributed by atoms with Gasteiger partial charge in [-0.1, -0.05) is 21.6 Å². The maximum Gasteiger partial charge on any atom is 0.182 e. The van der Waals surface area contributed by atoms with E-state index < -0.39 is 0 Å². The second-order valence-electron chi connectivity index (χ2n) is 3.62. The minimum atomic E-state index is 0.255. The highest BCUT2D eigenvalue weighted by atomic mass is 33.1. The quantitative estimate of drug-likeness (QED) is 0.234. The number of nitrogens with one attached hydrogen (secondary N) is 2. The monoisotopic (exact) mass is 324 g/mol. The summed E-state index contributed by atoms with van der Waals surface area (Å²) in [5.74, 6) is 2.34. The molecule has 0 atom stereocenters. The normalized spacial score (nSPS) is 10.3. The van der Waals surface area contributed by atoms with Crippen LogP contribution in [0.25, 0.3) is 0 Å². The molecular weight excluding hydrogens is 300 g/mol. The van der Waals surface area contributed by atoms with Gasteiger partial charge >= 0.3 is 0 Å². The van der Waals surface area contributed by atoms with Crippen molar-refractivity contribution in [3.05, 3.63) is 0 Å². The molecule has 0 rings (SSSR count). The molecule has 2 N–H and O–H groups in total. The number of rotatable bonds is 13. The molecule has 0 unspecified atom stereocenters. The second kappa shape index (κ2) is 15.0. The topological polar surface area (TPSA) is 84.6 Å². The highest BCUT2D eigenvalue weighted by Crippen LogP contribution is 2.20. The van der Waals surface area contributed by atoms with Crippen molar-refractivity contribution in [3.63, 3.8) is 0 Å². The lowest BCUT2D eigenvalue weighted by molar-refractivity contribution is 0.152. The summed E-state index contributed by atoms with van der Waals surface area (Å²) in [6.45, 7) is 2.43. The van der Waals surface area contributed by atoms with Crippen molar-refractivity contribution in [2.75, 3.05) is 52.2 Å². The molecule has 6 nitrogen and oxygen atoms in total. The van der Waals surface area contributed by atoms with E-state index in [1.165, 1.54) is 14.2 Å². The zero-order valence-corrected chi connectivity index (χ0v) is 13.7. The first kappa shape index (κ1) is 19.6. The number of methoxy groups -OCH3 is 2. The fourth-order valence-corrected chi connectivity index (χ4v) is 2.76. The van der Waals surface area contributed by atoms with Gasteiger partial charge in [0.15, 0.2) is 11.8 Å². The average molecular weight is 324 g/mol. The summed E-state index contributed by atoms with van der Waals surface area (Å²) >= 11 is 0. The minimum absolute atomic E-state index is 0.255. The Labute approximate surface area is 128 Å². The SMILES string of the molecule is COC(=N)CCOCCSSCCOCCC(=N)OC. The van der Waals surface area contributed by atoms with Crippen LogP contribution in [-0.2, 0) is 18.9 Å². The van der Waals surface area contributed by atoms with E-state index in [1.807, 2.05) is 0 Å². The lowest BCUT2D eigenvalue weighted by Crippen LogP contribution is -2.07. The van der Waals surface area contributed by atoms with E-state index in [-0.39, 0.29) is 11.8 Å². The van der Waals surface area contributed by atoms with Crippen LogP contribution < -0.4 is 0 Å². The molecule has 0 bridgehead atoms. The van der Waals surface area contributed by atoms with Crippen molar-refractivity contribution < 1.29 is 18.9 Å². The van der Waals surface area contributed by atoms with Crippen molar-refractivity contribution in [2.24, 2.45) is 0 Å². The fourth-order valence-electron chi connectivity index (χ4n) is 1.04. The third-order valence-electron chi connectivity index (χ3n) is 2.15. The highest BCUT2D eigenvalue weighted by Gasteiger charge is 1.97. The summed E-state index contributed by atoms with van der Waals surface area (Å²) in [5, 5.41) is 14.5. The highest BCUT2D eigenvalue weighted by molar-refractivity contribution is 8.76. The standard InChI is InChI=1S/C12H24N2O4S2/c1-15-11(13)3-5-17-7-9-19-20-10-8-18-6-4-12(14)16-2/h13-14H,3-10H2,1-2H3. The molecule has 0 saturated carbocycles. The molecule has 0 aromatic rings. The maximum atomic E-state index is 7.26. The molecule has 118 valence electrons. The van der Waals surface area contributed by atoms with Crippen molar-refractivity contribution in [1.82, 2.24) is 0 Å². The van der Waals surface area contributed by atoms with E-state index in [9.17, 15) is 0 Å². The average Bonchev–Trinajstić information content (AvgIpc) is 2.47. The van der Waals surface area contributed by atoms with E-state index in [0.29, 0.717) is 39.3 Å². The van der Waals surface area contributed by atoms with Gasteiger partial charge in [-0.15, -0.1) is 0 Å². The Morgan fingerprint density at radius 3 is 1.50 bits per heavy atom. The van der Waals surface area contributed by atoms with Crippen LogP contribution in [-0.4, -0.2) is 63.9 Å². The summed E-state index contributed by atoms with van der Waals surface area (Å²) in [7, 11) is 6.48. The summed E-state index contributed by atoms with van der Waals surface area (Å²) in [6.07, 6.45) is 1.05. The van der Waals surface area contributed by atoms with Gasteiger partial charge in [0.05, 0.1) is 40.6 Å². The van der Waals surface area contributed by atoms with E-state index in [0.717, 1.165) is 11.5 Å². The van der Waals surface area contributed by atoms with Gasteiger partial charge in [-0.2, -0.15) is 0 Å². The van der Waals surface area contributed by atoms with E-state index in [2.05, 4.69) is 0 Å². The van der Waals surface area contributed by atoms with Crippen molar-refractivity contribution in [1.29, 1.82) is 10.8 Å². The predicted molar refractivity (Wildman–Crippen MR) is 85.3 cm³/mol. The molecule has 8 heteroatoms. The molecule has 0 saturated heterocycles. The predicted octanol–water partition coefficient (Wildman–Crippen LogP) is 2.43. The smallest absolute Gasteiger partial charge is 0.182 e. The van der Waals surface area contributed by atoms with Crippen LogP contribution in [0.15, 0.2) is 0 Å². The van der Waals surface area contributed by atoms with Gasteiger partial charge in [-0.3, -0.25) is 10.8 Å². The van der Waals surface area contributed by atoms with Gasteiger partial charge < -0.3 is 18.9 Å². The lowest BCUT2D eigenvalue weighted by atomic mass is 10.4. The molecule has 20 heavy (non-hydrogen) atoms. The minimum Gasteiger partial charge on any atom is -0.484 e. The Morgan fingerprint density at radius 1 is 0.750 bits per heavy atom. The number of hydrogen-bond acceptors (Lipinski definition) is 8. The van der Waals surface area contributed by atoms with Crippen LogP contribution in [0.2, 0.25) is 0 Å². The summed E-state index contributed by atoms with van der Waals surface area (Å²) < 4.78 is 20.2. The van der Waals surface area contributed by atoms with E-state index in [4.69, 9.17) is 29.8 Å². The summed E-state index contributed by atoms with van der Waals surface area (Å²) in [6, 6.07) is 0. The van der Waals surface area contributed by atoms with Crippen LogP contribution in [0.4, 0.5) is 0 Å². The van der Waals surface area contributed by atoms with Crippen LogP contribution >= 0.6 is 21.6 Å². The van der Waals surface area contributed by atoms with E-state index in [1.54, 1.807) is 21.6 Å². The zero-order valence-electron chi connectivity index (χ0n) is 12.1. The first-order valence-corrected chi connectivity index (χ1v) is 8.82. The molecule has 0 fully saturated rings. The molecule has 0 aliphatic heterocycles. The molecule has 0 aromatic heterocycles. The molecule has 0 aliphatic carbocycles. The van der Waals surface area contributed by atoms with Crippen molar-refractivity contribution >= 4 is 33.4 Å². The van der Waals surface area contributed by atoms with Gasteiger partial charge in [0.2, 0.25) is 0 Å². The summed E-state index contributed by atoms with van der Waals surface area (Å²) in [5.41, 5.74) is 0. The van der Waals surface area contributed by atoms with Crippen LogP contribution in [0, 0.1) is 10.8 Å². The zero-order chi connectivity index (χ0) is 15.1. The Kier molecular flexibility index (Phi) is 14.6. The summed E-state index contributed by atoms with van der Waals surface area (Å²) in [4.78, 5) is 0. The van der Waals surface area contributed by atoms with Gasteiger partial charge in [0.25, 0.3) is 0 Å². The third kappa shape index (κ3) is 14.0. The second-order valence-corrected chi connectivity index (χ2v) is 6.33. The molecule has 0 amide bonds. The molecule has 0 spiro atoms. The number of ether oxygens (including phenoxy) is 4. The van der Waals surface area contributed by atoms with E-state index >= 15 is 0 Å². The van der Waals surface area contributed by atoms with Gasteiger partial charge in [0, 0.05) is 24.3 Å². The third-order valence-corrected chi connectivity index (χ3v) is 4.48. The van der Waals surface area contributed by atoms with Crippen LogP contribution in [0.5, 0.6) is 0 Å². The molecule has 0 radical (unpaired) electrons. The van der Waals surface area contributed by atoms with Crippen molar-refractivity contribution in [2.45, 2.75) is 12.8 Å². The van der Waals surface area contributed by atoms with Crippen LogP contribution in [0.3, 0.4) is 0 Å². The molecule has 0 aromatic carbocycles. The Morgan fingerprint density at radius 2 is 1.15 bits per heavy atom. The Bertz CT molecular complexity index is 242. The van der Waals surface area contributed by atoms with Gasteiger partial charge in [-0.25, -0.2) is 0 Å². The Hall–Kier alpha value is -0.440. The molecule has 0 aliphatic rings. The largest absolute Gasteiger partial charge is 0.484 e. The molecule has 0 heterocycles. The van der Waals surface area contributed by atoms with Crippen molar-refractivity contribution in [3.8, 4) is 0 Å². The Balaban J connectivity index is 3.06. The maximum absolute atomic E-state index is 7.26. The van der Waals surface area contributed by atoms with Crippen LogP contribution in [0.1, 0.15) is 12.8 Å². The first-order valence-electron chi connectivity index (χ1n) is 6.33. The first-order chi connectivity index (χ1) is 9.70. The van der Waals surface area contributed by atoms with Gasteiger partial charge in [0.1, 0.15) is 0 Å². The lowest BCUT2D eigenvalue weighted by Gasteiger charge is -2.05. The van der Waals surface area contributed by atoms with Gasteiger partial charge in [-0.05, 0) is 0 Å². The molecular formula is C12H24N2O4S2.